The molecule has 0 aliphatic carbocycles. The van der Waals surface area contributed by atoms with Crippen LogP contribution < -0.4 is 0 Å². The fourth-order valence-electron chi connectivity index (χ4n) is 1.19. The minimum Gasteiger partial charge on any atom is -0.400 e. The van der Waals surface area contributed by atoms with E-state index in [1.807, 2.05) is 38.1 Å². The van der Waals surface area contributed by atoms with Crippen molar-refractivity contribution in [2.75, 3.05) is 7.11 Å². The number of nitrogens with one attached hydrogen (secondary N) is 1. The second kappa shape index (κ2) is 8.07. The van der Waals surface area contributed by atoms with Crippen LogP contribution in [0.15, 0.2) is 28.7 Å². The Bertz CT molecular complexity index is 438. The van der Waals surface area contributed by atoms with Gasteiger partial charge in [0.05, 0.1) is 5.69 Å². The van der Waals surface area contributed by atoms with Gasteiger partial charge < -0.3 is 10.1 Å². The number of aliphatic hydroxyl groups excluding tert-OH is 1. The Labute approximate surface area is 104 Å². The number of benzene rings is 1. The Morgan fingerprint density at radius 1 is 1.25 bits per heavy atom. The fraction of sp³-hybridized carbons (Fsp3) is 0.250. The summed E-state index contributed by atoms with van der Waals surface area (Å²) in [6, 6.07) is 7.67. The average molecular weight is 286 g/mol. The highest BCUT2D eigenvalue weighted by molar-refractivity contribution is 9.10. The normalized spacial score (nSPS) is 8.56. The predicted octanol–water partition coefficient (Wildman–Crippen LogP) is 3.38. The lowest BCUT2D eigenvalue weighted by molar-refractivity contribution is 0.112. The van der Waals surface area contributed by atoms with Crippen molar-refractivity contribution in [2.45, 2.75) is 13.8 Å². The Morgan fingerprint density at radius 2 is 1.88 bits per heavy atom. The zero-order chi connectivity index (χ0) is 12.6. The lowest BCUT2D eigenvalue weighted by Crippen LogP contribution is -1.74. The first kappa shape index (κ1) is 14.9. The van der Waals surface area contributed by atoms with Gasteiger partial charge in [0.1, 0.15) is 0 Å². The molecular formula is C12H16BrNO2. The maximum absolute atomic E-state index is 10.4. The summed E-state index contributed by atoms with van der Waals surface area (Å²) in [5, 5.41) is 8.05. The number of aromatic nitrogens is 1. The van der Waals surface area contributed by atoms with E-state index in [-0.39, 0.29) is 0 Å². The van der Waals surface area contributed by atoms with Crippen LogP contribution in [0.4, 0.5) is 0 Å². The highest BCUT2D eigenvalue weighted by Gasteiger charge is 1.98. The number of halogens is 1. The van der Waals surface area contributed by atoms with E-state index in [9.17, 15) is 4.79 Å². The number of carbonyl (C=O) groups excluding carboxylic acids is 1. The standard InChI is InChI=1S/C9H6BrNO.C2H6.CH4O/c10-7-1-2-9-6(3-7)4-8(5-12)11-9;2*1-2/h1-5,11H;1-2H3;2H,1H3. The summed E-state index contributed by atoms with van der Waals surface area (Å²) >= 11 is 3.36. The Morgan fingerprint density at radius 3 is 2.44 bits per heavy atom. The molecule has 16 heavy (non-hydrogen) atoms. The molecule has 0 unspecified atom stereocenters. The van der Waals surface area contributed by atoms with Crippen LogP contribution in [-0.4, -0.2) is 23.5 Å². The first-order valence-corrected chi connectivity index (χ1v) is 5.77. The van der Waals surface area contributed by atoms with Crippen molar-refractivity contribution in [2.24, 2.45) is 0 Å². The van der Waals surface area contributed by atoms with Crippen molar-refractivity contribution in [3.63, 3.8) is 0 Å². The molecule has 0 bridgehead atoms. The first-order valence-electron chi connectivity index (χ1n) is 4.98. The number of rotatable bonds is 1. The molecule has 0 saturated carbocycles. The number of aldehydes is 1. The first-order chi connectivity index (χ1) is 7.79. The van der Waals surface area contributed by atoms with Crippen LogP contribution in [0.25, 0.3) is 10.9 Å². The third kappa shape index (κ3) is 3.79. The van der Waals surface area contributed by atoms with Crippen LogP contribution in [0, 0.1) is 0 Å². The smallest absolute Gasteiger partial charge is 0.166 e. The van der Waals surface area contributed by atoms with Crippen LogP contribution in [0.2, 0.25) is 0 Å². The van der Waals surface area contributed by atoms with Gasteiger partial charge in [-0.3, -0.25) is 4.79 Å². The molecule has 2 N–H and O–H groups in total. The predicted molar refractivity (Wildman–Crippen MR) is 70.9 cm³/mol. The molecule has 4 heteroatoms. The van der Waals surface area contributed by atoms with Crippen LogP contribution in [-0.2, 0) is 0 Å². The van der Waals surface area contributed by atoms with E-state index in [4.69, 9.17) is 5.11 Å². The summed E-state index contributed by atoms with van der Waals surface area (Å²) in [6.07, 6.45) is 0.813. The Balaban J connectivity index is 0.000000509. The average Bonchev–Trinajstić information content (AvgIpc) is 2.76. The molecule has 0 aliphatic heterocycles. The summed E-state index contributed by atoms with van der Waals surface area (Å²) in [4.78, 5) is 13.4. The van der Waals surface area contributed by atoms with Crippen molar-refractivity contribution in [1.82, 2.24) is 4.98 Å². The summed E-state index contributed by atoms with van der Waals surface area (Å²) in [5.74, 6) is 0. The number of hydrogen-bond donors (Lipinski definition) is 2. The van der Waals surface area contributed by atoms with Gasteiger partial charge in [-0.05, 0) is 24.3 Å². The van der Waals surface area contributed by atoms with E-state index in [0.717, 1.165) is 28.8 Å². The quantitative estimate of drug-likeness (QED) is 0.790. The zero-order valence-corrected chi connectivity index (χ0v) is 11.2. The summed E-state index contributed by atoms with van der Waals surface area (Å²) < 4.78 is 1.02. The highest BCUT2D eigenvalue weighted by Crippen LogP contribution is 2.19. The molecule has 0 aliphatic rings. The molecule has 3 nitrogen and oxygen atoms in total. The Kier molecular flexibility index (Phi) is 7.50. The number of carbonyl (C=O) groups is 1. The van der Waals surface area contributed by atoms with E-state index < -0.39 is 0 Å². The maximum atomic E-state index is 10.4. The van der Waals surface area contributed by atoms with Gasteiger partial charge in [0.15, 0.2) is 6.29 Å². The second-order valence-electron chi connectivity index (χ2n) is 2.57. The molecule has 1 heterocycles. The van der Waals surface area contributed by atoms with E-state index in [0.29, 0.717) is 5.69 Å². The van der Waals surface area contributed by atoms with Crippen molar-refractivity contribution >= 4 is 33.1 Å². The van der Waals surface area contributed by atoms with Gasteiger partial charge in [-0.1, -0.05) is 29.8 Å². The third-order valence-electron chi connectivity index (χ3n) is 1.73. The molecule has 0 fully saturated rings. The number of fused-ring (bicyclic) bond motifs is 1. The molecule has 2 aromatic rings. The minimum atomic E-state index is 0.614. The van der Waals surface area contributed by atoms with Crippen LogP contribution in [0.3, 0.4) is 0 Å². The molecule has 2 rings (SSSR count). The van der Waals surface area contributed by atoms with Crippen LogP contribution >= 0.6 is 15.9 Å². The van der Waals surface area contributed by atoms with Crippen LogP contribution in [0.5, 0.6) is 0 Å². The van der Waals surface area contributed by atoms with Crippen molar-refractivity contribution in [3.8, 4) is 0 Å². The number of aromatic amines is 1. The van der Waals surface area contributed by atoms with Gasteiger partial charge in [0, 0.05) is 22.5 Å². The molecule has 1 aromatic heterocycles. The van der Waals surface area contributed by atoms with E-state index in [2.05, 4.69) is 20.9 Å². The molecular weight excluding hydrogens is 270 g/mol. The summed E-state index contributed by atoms with van der Waals surface area (Å²) in [6.45, 7) is 4.00. The highest BCUT2D eigenvalue weighted by atomic mass is 79.9. The van der Waals surface area contributed by atoms with Gasteiger partial charge in [-0.2, -0.15) is 0 Å². The molecule has 1 aromatic carbocycles. The number of H-pyrrole nitrogens is 1. The SMILES string of the molecule is CC.CO.O=Cc1cc2cc(Br)ccc2[nH]1. The van der Waals surface area contributed by atoms with Crippen LogP contribution in [0.1, 0.15) is 24.3 Å². The van der Waals surface area contributed by atoms with E-state index >= 15 is 0 Å². The molecule has 0 spiro atoms. The molecule has 0 saturated heterocycles. The van der Waals surface area contributed by atoms with Gasteiger partial charge in [-0.25, -0.2) is 0 Å². The van der Waals surface area contributed by atoms with Gasteiger partial charge >= 0.3 is 0 Å². The summed E-state index contributed by atoms with van der Waals surface area (Å²) in [7, 11) is 1.00. The van der Waals surface area contributed by atoms with Crippen molar-refractivity contribution in [1.29, 1.82) is 0 Å². The maximum Gasteiger partial charge on any atom is 0.166 e. The largest absolute Gasteiger partial charge is 0.400 e. The Hall–Kier alpha value is -1.13. The van der Waals surface area contributed by atoms with Crippen molar-refractivity contribution in [3.05, 3.63) is 34.4 Å². The molecule has 0 atom stereocenters. The third-order valence-corrected chi connectivity index (χ3v) is 2.22. The van der Waals surface area contributed by atoms with E-state index in [1.54, 1.807) is 0 Å². The minimum absolute atomic E-state index is 0.614. The van der Waals surface area contributed by atoms with Gasteiger partial charge in [0.2, 0.25) is 0 Å². The zero-order valence-electron chi connectivity index (χ0n) is 9.62. The monoisotopic (exact) mass is 285 g/mol. The molecule has 0 amide bonds. The topological polar surface area (TPSA) is 53.1 Å². The number of aliphatic hydroxyl groups is 1. The summed E-state index contributed by atoms with van der Waals surface area (Å²) in [5.41, 5.74) is 1.60. The lowest BCUT2D eigenvalue weighted by atomic mass is 10.2. The van der Waals surface area contributed by atoms with Gasteiger partial charge in [-0.15, -0.1) is 0 Å². The van der Waals surface area contributed by atoms with Gasteiger partial charge in [0.25, 0.3) is 0 Å². The second-order valence-corrected chi connectivity index (χ2v) is 3.49. The molecule has 88 valence electrons. The van der Waals surface area contributed by atoms with E-state index in [1.165, 1.54) is 0 Å². The fourth-order valence-corrected chi connectivity index (χ4v) is 1.57. The lowest BCUT2D eigenvalue weighted by Gasteiger charge is -1.88. The number of hydrogen-bond acceptors (Lipinski definition) is 2. The molecule has 0 radical (unpaired) electrons. The van der Waals surface area contributed by atoms with Crippen molar-refractivity contribution < 1.29 is 9.90 Å².